The van der Waals surface area contributed by atoms with Gasteiger partial charge in [0.15, 0.2) is 5.78 Å². The second-order valence-electron chi connectivity index (χ2n) is 9.08. The molecule has 1 N–H and O–H groups in total. The highest BCUT2D eigenvalue weighted by molar-refractivity contribution is 6.02. The molecule has 166 valence electrons. The van der Waals surface area contributed by atoms with Crippen LogP contribution in [0.1, 0.15) is 52.5 Å². The minimum absolute atomic E-state index is 0.0511. The van der Waals surface area contributed by atoms with Crippen molar-refractivity contribution in [1.82, 2.24) is 0 Å². The number of ketones is 1. The molecule has 7 heteroatoms. The molecule has 1 fully saturated rings. The zero-order chi connectivity index (χ0) is 22.6. The fourth-order valence-corrected chi connectivity index (χ4v) is 3.81. The third-order valence-corrected chi connectivity index (χ3v) is 5.13. The van der Waals surface area contributed by atoms with Crippen molar-refractivity contribution in [2.24, 2.45) is 23.7 Å². The number of halogens is 1. The number of esters is 2. The van der Waals surface area contributed by atoms with Crippen LogP contribution in [0.4, 0.5) is 4.39 Å². The SMILES string of the molecule is CC(C)COC(=O)[C@@H]1C(=O)C[C@](C)(O)[C@@H](C(=O)OCC(C)C)[C@@H]1c1cccc(F)c1. The van der Waals surface area contributed by atoms with Gasteiger partial charge in [0.25, 0.3) is 0 Å². The smallest absolute Gasteiger partial charge is 0.317 e. The van der Waals surface area contributed by atoms with Crippen molar-refractivity contribution in [1.29, 1.82) is 0 Å². The van der Waals surface area contributed by atoms with Gasteiger partial charge in [0.05, 0.1) is 24.7 Å². The number of rotatable bonds is 7. The van der Waals surface area contributed by atoms with Crippen molar-refractivity contribution in [3.05, 3.63) is 35.6 Å². The summed E-state index contributed by atoms with van der Waals surface area (Å²) < 4.78 is 24.7. The van der Waals surface area contributed by atoms with Crippen LogP contribution in [0.25, 0.3) is 0 Å². The van der Waals surface area contributed by atoms with Gasteiger partial charge in [-0.3, -0.25) is 14.4 Å². The molecule has 0 amide bonds. The molecular weight excluding hydrogens is 391 g/mol. The fourth-order valence-electron chi connectivity index (χ4n) is 3.81. The Balaban J connectivity index is 2.53. The van der Waals surface area contributed by atoms with Crippen molar-refractivity contribution >= 4 is 17.7 Å². The summed E-state index contributed by atoms with van der Waals surface area (Å²) >= 11 is 0. The molecule has 4 atom stereocenters. The summed E-state index contributed by atoms with van der Waals surface area (Å²) in [6, 6.07) is 5.37. The fraction of sp³-hybridized carbons (Fsp3) is 0.609. The summed E-state index contributed by atoms with van der Waals surface area (Å²) in [6.07, 6.45) is -0.401. The van der Waals surface area contributed by atoms with Gasteiger partial charge in [-0.2, -0.15) is 0 Å². The summed E-state index contributed by atoms with van der Waals surface area (Å²) in [5.74, 6) is -6.17. The lowest BCUT2D eigenvalue weighted by atomic mass is 9.61. The van der Waals surface area contributed by atoms with Gasteiger partial charge in [0.2, 0.25) is 0 Å². The number of hydrogen-bond acceptors (Lipinski definition) is 6. The molecule has 1 aliphatic carbocycles. The van der Waals surface area contributed by atoms with Crippen molar-refractivity contribution in [2.45, 2.75) is 52.6 Å². The Morgan fingerprint density at radius 1 is 1.13 bits per heavy atom. The van der Waals surface area contributed by atoms with Crippen LogP contribution in [0.15, 0.2) is 24.3 Å². The lowest BCUT2D eigenvalue weighted by Gasteiger charge is -2.43. The topological polar surface area (TPSA) is 89.9 Å². The van der Waals surface area contributed by atoms with E-state index in [2.05, 4.69) is 0 Å². The molecule has 0 aliphatic heterocycles. The Kier molecular flexibility index (Phi) is 7.75. The minimum atomic E-state index is -1.75. The van der Waals surface area contributed by atoms with Crippen molar-refractivity contribution in [2.75, 3.05) is 13.2 Å². The molecule has 1 aromatic rings. The number of Topliss-reactive ketones (excluding diaryl/α,β-unsaturated/α-hetero) is 1. The quantitative estimate of drug-likeness (QED) is 0.536. The lowest BCUT2D eigenvalue weighted by Crippen LogP contribution is -2.55. The van der Waals surface area contributed by atoms with Crippen LogP contribution in [0.3, 0.4) is 0 Å². The first-order valence-corrected chi connectivity index (χ1v) is 10.3. The Hall–Kier alpha value is -2.28. The van der Waals surface area contributed by atoms with Gasteiger partial charge < -0.3 is 14.6 Å². The molecule has 0 unspecified atom stereocenters. The van der Waals surface area contributed by atoms with E-state index in [0.29, 0.717) is 0 Å². The largest absolute Gasteiger partial charge is 0.465 e. The number of carbonyl (C=O) groups excluding carboxylic acids is 3. The van der Waals surface area contributed by atoms with Crippen LogP contribution in [0.5, 0.6) is 0 Å². The molecule has 1 aliphatic rings. The first-order valence-electron chi connectivity index (χ1n) is 10.3. The van der Waals surface area contributed by atoms with Crippen LogP contribution < -0.4 is 0 Å². The Bertz CT molecular complexity index is 786. The van der Waals surface area contributed by atoms with Crippen LogP contribution in [-0.2, 0) is 23.9 Å². The lowest BCUT2D eigenvalue weighted by molar-refractivity contribution is -0.174. The van der Waals surface area contributed by atoms with Crippen LogP contribution in [0, 0.1) is 29.5 Å². The molecule has 2 rings (SSSR count). The molecule has 0 radical (unpaired) electrons. The van der Waals surface area contributed by atoms with E-state index in [0.717, 1.165) is 0 Å². The Morgan fingerprint density at radius 3 is 2.23 bits per heavy atom. The van der Waals surface area contributed by atoms with E-state index in [9.17, 15) is 23.9 Å². The summed E-state index contributed by atoms with van der Waals surface area (Å²) in [4.78, 5) is 38.7. The molecule has 1 saturated carbocycles. The third-order valence-electron chi connectivity index (χ3n) is 5.13. The Labute approximate surface area is 176 Å². The molecule has 1 aromatic carbocycles. The highest BCUT2D eigenvalue weighted by Gasteiger charge is 2.57. The Morgan fingerprint density at radius 2 is 1.70 bits per heavy atom. The van der Waals surface area contributed by atoms with Gasteiger partial charge in [0, 0.05) is 12.3 Å². The maximum atomic E-state index is 14.0. The average molecular weight is 422 g/mol. The molecule has 6 nitrogen and oxygen atoms in total. The summed E-state index contributed by atoms with van der Waals surface area (Å²) in [7, 11) is 0. The van der Waals surface area contributed by atoms with Crippen molar-refractivity contribution < 1.29 is 33.4 Å². The van der Waals surface area contributed by atoms with Crippen molar-refractivity contribution in [3.8, 4) is 0 Å². The minimum Gasteiger partial charge on any atom is -0.465 e. The molecule has 0 heterocycles. The second-order valence-corrected chi connectivity index (χ2v) is 9.08. The average Bonchev–Trinajstić information content (AvgIpc) is 2.62. The first-order chi connectivity index (χ1) is 13.9. The summed E-state index contributed by atoms with van der Waals surface area (Å²) in [6.45, 7) is 9.05. The molecule has 0 spiro atoms. The third kappa shape index (κ3) is 5.65. The molecule has 0 saturated heterocycles. The number of ether oxygens (including phenoxy) is 2. The molecular formula is C23H31FO6. The van der Waals surface area contributed by atoms with E-state index in [1.807, 2.05) is 27.7 Å². The maximum absolute atomic E-state index is 14.0. The zero-order valence-corrected chi connectivity index (χ0v) is 18.2. The monoisotopic (exact) mass is 422 g/mol. The number of aliphatic hydroxyl groups is 1. The highest BCUT2D eigenvalue weighted by atomic mass is 19.1. The van der Waals surface area contributed by atoms with E-state index in [4.69, 9.17) is 9.47 Å². The predicted molar refractivity (Wildman–Crippen MR) is 108 cm³/mol. The van der Waals surface area contributed by atoms with Gasteiger partial charge in [-0.05, 0) is 36.5 Å². The van der Waals surface area contributed by atoms with Gasteiger partial charge in [-0.25, -0.2) is 4.39 Å². The van der Waals surface area contributed by atoms with Gasteiger partial charge >= 0.3 is 11.9 Å². The van der Waals surface area contributed by atoms with Crippen LogP contribution in [0.2, 0.25) is 0 Å². The second kappa shape index (κ2) is 9.69. The zero-order valence-electron chi connectivity index (χ0n) is 18.2. The first kappa shape index (κ1) is 24.0. The van der Waals surface area contributed by atoms with E-state index in [1.54, 1.807) is 0 Å². The van der Waals surface area contributed by atoms with Crippen LogP contribution in [-0.4, -0.2) is 41.6 Å². The molecule has 0 aromatic heterocycles. The van der Waals surface area contributed by atoms with Gasteiger partial charge in [0.1, 0.15) is 11.7 Å². The standard InChI is InChI=1S/C23H31FO6/c1-13(2)11-29-21(26)19-17(25)10-23(5,28)20(22(27)30-12-14(3)4)18(19)15-7-6-8-16(24)9-15/h6-9,13-14,18-20,28H,10-12H2,1-5H3/t18-,19-,20-,23+/m1/s1. The summed E-state index contributed by atoms with van der Waals surface area (Å²) in [5, 5.41) is 11.0. The van der Waals surface area contributed by atoms with Crippen molar-refractivity contribution in [3.63, 3.8) is 0 Å². The molecule has 0 bridgehead atoms. The predicted octanol–water partition coefficient (Wildman–Crippen LogP) is 3.26. The van der Waals surface area contributed by atoms with E-state index >= 15 is 0 Å². The highest BCUT2D eigenvalue weighted by Crippen LogP contribution is 2.46. The van der Waals surface area contributed by atoms with E-state index < -0.39 is 53.3 Å². The number of carbonyl (C=O) groups is 3. The molecule has 30 heavy (non-hydrogen) atoms. The number of hydrogen-bond donors (Lipinski definition) is 1. The van der Waals surface area contributed by atoms with Crippen LogP contribution >= 0.6 is 0 Å². The number of benzene rings is 1. The normalized spacial score (nSPS) is 26.7. The van der Waals surface area contributed by atoms with E-state index in [-0.39, 0.29) is 30.6 Å². The van der Waals surface area contributed by atoms with Gasteiger partial charge in [-0.15, -0.1) is 0 Å². The summed E-state index contributed by atoms with van der Waals surface area (Å²) in [5.41, 5.74) is -1.49. The van der Waals surface area contributed by atoms with Gasteiger partial charge in [-0.1, -0.05) is 39.8 Å². The maximum Gasteiger partial charge on any atom is 0.317 e. The van der Waals surface area contributed by atoms with E-state index in [1.165, 1.54) is 31.2 Å².